The van der Waals surface area contributed by atoms with Crippen molar-refractivity contribution in [3.05, 3.63) is 12.4 Å². The molecule has 2 heterocycles. The highest BCUT2D eigenvalue weighted by molar-refractivity contribution is 5.78. The highest BCUT2D eigenvalue weighted by Crippen LogP contribution is 2.24. The van der Waals surface area contributed by atoms with Crippen molar-refractivity contribution in [3.63, 3.8) is 0 Å². The Balaban J connectivity index is 1.92. The van der Waals surface area contributed by atoms with Crippen LogP contribution in [0.15, 0.2) is 12.4 Å². The number of hydrogen-bond donors (Lipinski definition) is 1. The van der Waals surface area contributed by atoms with Crippen LogP contribution < -0.4 is 0 Å². The lowest BCUT2D eigenvalue weighted by Gasteiger charge is -2.33. The third-order valence-corrected chi connectivity index (χ3v) is 3.23. The highest BCUT2D eigenvalue weighted by atomic mass is 16.3. The number of hydrogen-bond acceptors (Lipinski definition) is 3. The number of amides is 1. The van der Waals surface area contributed by atoms with Crippen molar-refractivity contribution in [1.82, 2.24) is 14.7 Å². The van der Waals surface area contributed by atoms with E-state index in [1.807, 2.05) is 18.7 Å². The first-order chi connectivity index (χ1) is 8.08. The van der Waals surface area contributed by atoms with E-state index in [4.69, 9.17) is 0 Å². The van der Waals surface area contributed by atoms with Crippen LogP contribution in [0.4, 0.5) is 0 Å². The second kappa shape index (κ2) is 4.77. The van der Waals surface area contributed by atoms with Gasteiger partial charge < -0.3 is 10.0 Å². The van der Waals surface area contributed by atoms with Crippen molar-refractivity contribution in [2.24, 2.45) is 5.92 Å². The minimum Gasteiger partial charge on any atom is -0.505 e. The summed E-state index contributed by atoms with van der Waals surface area (Å²) in [5.41, 5.74) is 0. The predicted octanol–water partition coefficient (Wildman–Crippen LogP) is 1.41. The zero-order valence-electron chi connectivity index (χ0n) is 10.3. The Labute approximate surface area is 101 Å². The average molecular weight is 237 g/mol. The summed E-state index contributed by atoms with van der Waals surface area (Å²) in [6.07, 6.45) is 4.90. The number of piperidine rings is 1. The number of aromatic nitrogens is 2. The van der Waals surface area contributed by atoms with E-state index >= 15 is 0 Å². The van der Waals surface area contributed by atoms with Gasteiger partial charge in [-0.05, 0) is 12.8 Å². The number of carbonyl (C=O) groups is 1. The quantitative estimate of drug-likeness (QED) is 0.846. The predicted molar refractivity (Wildman–Crippen MR) is 63.6 cm³/mol. The van der Waals surface area contributed by atoms with E-state index in [0.717, 1.165) is 25.9 Å². The van der Waals surface area contributed by atoms with Crippen molar-refractivity contribution in [1.29, 1.82) is 0 Å². The Hall–Kier alpha value is -1.52. The van der Waals surface area contributed by atoms with Crippen LogP contribution in [0.2, 0.25) is 0 Å². The number of carbonyl (C=O) groups excluding carboxylic acids is 1. The lowest BCUT2D eigenvalue weighted by Crippen LogP contribution is -2.41. The molecule has 0 aromatic carbocycles. The molecule has 0 atom stereocenters. The minimum absolute atomic E-state index is 0.0697. The van der Waals surface area contributed by atoms with Crippen LogP contribution in [0.1, 0.15) is 32.7 Å². The van der Waals surface area contributed by atoms with Gasteiger partial charge in [0.2, 0.25) is 5.91 Å². The van der Waals surface area contributed by atoms with E-state index in [-0.39, 0.29) is 17.6 Å². The molecular formula is C12H19N3O2. The molecule has 0 bridgehead atoms. The summed E-state index contributed by atoms with van der Waals surface area (Å²) in [5, 5.41) is 13.4. The Morgan fingerprint density at radius 1 is 1.47 bits per heavy atom. The molecule has 94 valence electrons. The maximum atomic E-state index is 11.8. The van der Waals surface area contributed by atoms with Gasteiger partial charge in [0.15, 0.2) is 5.75 Å². The van der Waals surface area contributed by atoms with Gasteiger partial charge in [0.25, 0.3) is 0 Å². The van der Waals surface area contributed by atoms with E-state index in [2.05, 4.69) is 5.10 Å². The average Bonchev–Trinajstić information content (AvgIpc) is 2.75. The molecule has 1 fully saturated rings. The zero-order valence-corrected chi connectivity index (χ0v) is 10.3. The van der Waals surface area contributed by atoms with E-state index in [1.165, 1.54) is 6.20 Å². The molecule has 1 N–H and O–H groups in total. The molecule has 0 saturated carbocycles. The summed E-state index contributed by atoms with van der Waals surface area (Å²) >= 11 is 0. The van der Waals surface area contributed by atoms with E-state index in [1.54, 1.807) is 10.9 Å². The Morgan fingerprint density at radius 3 is 2.59 bits per heavy atom. The normalized spacial score (nSPS) is 17.7. The molecule has 0 unspecified atom stereocenters. The molecule has 5 nitrogen and oxygen atoms in total. The second-order valence-corrected chi connectivity index (χ2v) is 4.89. The molecule has 17 heavy (non-hydrogen) atoms. The van der Waals surface area contributed by atoms with Gasteiger partial charge in [-0.3, -0.25) is 9.48 Å². The molecule has 1 aromatic heterocycles. The largest absolute Gasteiger partial charge is 0.505 e. The Bertz CT molecular complexity index is 392. The standard InChI is InChI=1S/C12H19N3O2/c1-9(2)12(17)14-5-3-10(4-6-14)15-8-11(16)7-13-15/h7-10,16H,3-6H2,1-2H3. The fourth-order valence-corrected chi connectivity index (χ4v) is 2.24. The molecule has 0 aliphatic carbocycles. The van der Waals surface area contributed by atoms with Crippen LogP contribution >= 0.6 is 0 Å². The summed E-state index contributed by atoms with van der Waals surface area (Å²) in [7, 11) is 0. The van der Waals surface area contributed by atoms with Gasteiger partial charge in [0, 0.05) is 19.0 Å². The second-order valence-electron chi connectivity index (χ2n) is 4.89. The molecule has 0 spiro atoms. The topological polar surface area (TPSA) is 58.4 Å². The number of nitrogens with zero attached hydrogens (tertiary/aromatic N) is 3. The van der Waals surface area contributed by atoms with Gasteiger partial charge in [-0.2, -0.15) is 5.10 Å². The first-order valence-corrected chi connectivity index (χ1v) is 6.10. The van der Waals surface area contributed by atoms with Gasteiger partial charge in [-0.15, -0.1) is 0 Å². The number of likely N-dealkylation sites (tertiary alicyclic amines) is 1. The van der Waals surface area contributed by atoms with Crippen LogP contribution in [-0.4, -0.2) is 38.8 Å². The molecule has 2 rings (SSSR count). The zero-order chi connectivity index (χ0) is 12.4. The minimum atomic E-state index is 0.0697. The SMILES string of the molecule is CC(C)C(=O)N1CCC(n2cc(O)cn2)CC1. The smallest absolute Gasteiger partial charge is 0.225 e. The third kappa shape index (κ3) is 2.60. The maximum Gasteiger partial charge on any atom is 0.225 e. The van der Waals surface area contributed by atoms with Gasteiger partial charge in [0.1, 0.15) is 0 Å². The molecule has 1 saturated heterocycles. The van der Waals surface area contributed by atoms with Gasteiger partial charge in [-0.1, -0.05) is 13.8 Å². The van der Waals surface area contributed by atoms with Crippen molar-refractivity contribution < 1.29 is 9.90 Å². The fraction of sp³-hybridized carbons (Fsp3) is 0.667. The van der Waals surface area contributed by atoms with Crippen LogP contribution in [0.3, 0.4) is 0 Å². The van der Waals surface area contributed by atoms with Crippen LogP contribution in [-0.2, 0) is 4.79 Å². The van der Waals surface area contributed by atoms with Crippen molar-refractivity contribution in [3.8, 4) is 5.75 Å². The van der Waals surface area contributed by atoms with Crippen molar-refractivity contribution in [2.45, 2.75) is 32.7 Å². The van der Waals surface area contributed by atoms with Gasteiger partial charge >= 0.3 is 0 Å². The summed E-state index contributed by atoms with van der Waals surface area (Å²) in [6.45, 7) is 5.42. The van der Waals surface area contributed by atoms with Crippen molar-refractivity contribution in [2.75, 3.05) is 13.1 Å². The van der Waals surface area contributed by atoms with Crippen LogP contribution in [0.25, 0.3) is 0 Å². The van der Waals surface area contributed by atoms with Gasteiger partial charge in [-0.25, -0.2) is 0 Å². The summed E-state index contributed by atoms with van der Waals surface area (Å²) in [6, 6.07) is 0.298. The summed E-state index contributed by atoms with van der Waals surface area (Å²) < 4.78 is 1.80. The Morgan fingerprint density at radius 2 is 2.12 bits per heavy atom. The molecular weight excluding hydrogens is 218 g/mol. The fourth-order valence-electron chi connectivity index (χ4n) is 2.24. The van der Waals surface area contributed by atoms with Gasteiger partial charge in [0.05, 0.1) is 18.4 Å². The molecule has 1 aliphatic heterocycles. The van der Waals surface area contributed by atoms with E-state index in [9.17, 15) is 9.90 Å². The summed E-state index contributed by atoms with van der Waals surface area (Å²) in [4.78, 5) is 13.7. The maximum absolute atomic E-state index is 11.8. The van der Waals surface area contributed by atoms with E-state index < -0.39 is 0 Å². The third-order valence-electron chi connectivity index (χ3n) is 3.23. The lowest BCUT2D eigenvalue weighted by molar-refractivity contribution is -0.135. The van der Waals surface area contributed by atoms with Crippen LogP contribution in [0, 0.1) is 5.92 Å². The van der Waals surface area contributed by atoms with E-state index in [0.29, 0.717) is 6.04 Å². The van der Waals surface area contributed by atoms with Crippen molar-refractivity contribution >= 4 is 5.91 Å². The Kier molecular flexibility index (Phi) is 3.36. The number of aromatic hydroxyl groups is 1. The molecule has 1 amide bonds. The number of rotatable bonds is 2. The summed E-state index contributed by atoms with van der Waals surface area (Å²) in [5.74, 6) is 0.498. The first kappa shape index (κ1) is 12.0. The molecule has 0 radical (unpaired) electrons. The van der Waals surface area contributed by atoms with Crippen LogP contribution in [0.5, 0.6) is 5.75 Å². The highest BCUT2D eigenvalue weighted by Gasteiger charge is 2.25. The molecule has 1 aliphatic rings. The molecule has 5 heteroatoms. The lowest BCUT2D eigenvalue weighted by atomic mass is 10.0. The molecule has 1 aromatic rings. The monoisotopic (exact) mass is 237 g/mol. The first-order valence-electron chi connectivity index (χ1n) is 6.10.